The van der Waals surface area contributed by atoms with Crippen molar-refractivity contribution in [3.8, 4) is 0 Å². The highest BCUT2D eigenvalue weighted by molar-refractivity contribution is 6.31. The normalized spacial score (nSPS) is 14.0. The second-order valence-electron chi connectivity index (χ2n) is 5.06. The Labute approximate surface area is 125 Å². The average Bonchev–Trinajstić information content (AvgIpc) is 2.84. The number of nitro benzene ring substituents is 1. The minimum Gasteiger partial charge on any atom is -0.376 e. The number of hydrogen-bond acceptors (Lipinski definition) is 3. The Balaban J connectivity index is 1.86. The number of anilines is 1. The van der Waals surface area contributed by atoms with Gasteiger partial charge in [0.05, 0.1) is 9.95 Å². The van der Waals surface area contributed by atoms with E-state index < -0.39 is 10.7 Å². The van der Waals surface area contributed by atoms with Crippen LogP contribution in [0.2, 0.25) is 5.02 Å². The van der Waals surface area contributed by atoms with Crippen molar-refractivity contribution in [2.24, 2.45) is 0 Å². The van der Waals surface area contributed by atoms with E-state index in [-0.39, 0.29) is 22.4 Å². The summed E-state index contributed by atoms with van der Waals surface area (Å²) in [5.41, 5.74) is 2.39. The number of benzene rings is 2. The lowest BCUT2D eigenvalue weighted by Crippen LogP contribution is -2.20. The maximum atomic E-state index is 13.6. The van der Waals surface area contributed by atoms with E-state index in [1.165, 1.54) is 11.1 Å². The number of nitrogens with one attached hydrogen (secondary N) is 1. The van der Waals surface area contributed by atoms with Gasteiger partial charge in [0.15, 0.2) is 0 Å². The fourth-order valence-electron chi connectivity index (χ4n) is 2.68. The first-order valence-electron chi connectivity index (χ1n) is 6.51. The number of fused-ring (bicyclic) bond motifs is 1. The molecule has 0 aromatic heterocycles. The molecule has 0 amide bonds. The van der Waals surface area contributed by atoms with Gasteiger partial charge in [-0.15, -0.1) is 0 Å². The topological polar surface area (TPSA) is 55.2 Å². The maximum Gasteiger partial charge on any atom is 0.294 e. The summed E-state index contributed by atoms with van der Waals surface area (Å²) in [6.45, 7) is 0. The van der Waals surface area contributed by atoms with Crippen LogP contribution in [-0.2, 0) is 12.8 Å². The SMILES string of the molecule is O=[N+]([O-])c1cc(Cl)c(F)cc1NC1Cc2ccccc2C1. The molecule has 108 valence electrons. The molecule has 2 aromatic carbocycles. The van der Waals surface area contributed by atoms with Crippen LogP contribution in [0.3, 0.4) is 0 Å². The highest BCUT2D eigenvalue weighted by Gasteiger charge is 2.24. The van der Waals surface area contributed by atoms with Crippen LogP contribution in [0.5, 0.6) is 0 Å². The first-order chi connectivity index (χ1) is 10.0. The molecular weight excluding hydrogens is 295 g/mol. The molecular formula is C15H12ClFN2O2. The van der Waals surface area contributed by atoms with Crippen molar-refractivity contribution in [1.29, 1.82) is 0 Å². The molecule has 0 bridgehead atoms. The summed E-state index contributed by atoms with van der Waals surface area (Å²) >= 11 is 5.61. The van der Waals surface area contributed by atoms with Crippen molar-refractivity contribution >= 4 is 23.0 Å². The highest BCUT2D eigenvalue weighted by Crippen LogP contribution is 2.33. The molecule has 2 aromatic rings. The molecule has 0 aliphatic heterocycles. The standard InChI is InChI=1S/C15H12ClFN2O2/c16-12-7-15(19(20)21)14(8-13(12)17)18-11-5-9-3-1-2-4-10(9)6-11/h1-4,7-8,11,18H,5-6H2. The summed E-state index contributed by atoms with van der Waals surface area (Å²) in [4.78, 5) is 10.5. The smallest absolute Gasteiger partial charge is 0.294 e. The van der Waals surface area contributed by atoms with Crippen molar-refractivity contribution in [3.05, 3.63) is 68.5 Å². The van der Waals surface area contributed by atoms with Crippen LogP contribution in [0, 0.1) is 15.9 Å². The van der Waals surface area contributed by atoms with Crippen molar-refractivity contribution in [2.45, 2.75) is 18.9 Å². The van der Waals surface area contributed by atoms with E-state index in [9.17, 15) is 14.5 Å². The lowest BCUT2D eigenvalue weighted by Gasteiger charge is -2.14. The number of rotatable bonds is 3. The third-order valence-electron chi connectivity index (χ3n) is 3.65. The van der Waals surface area contributed by atoms with E-state index in [1.807, 2.05) is 24.3 Å². The highest BCUT2D eigenvalue weighted by atomic mass is 35.5. The molecule has 1 aliphatic carbocycles. The largest absolute Gasteiger partial charge is 0.376 e. The Morgan fingerprint density at radius 2 is 1.86 bits per heavy atom. The summed E-state index contributed by atoms with van der Waals surface area (Å²) < 4.78 is 13.6. The molecule has 6 heteroatoms. The van der Waals surface area contributed by atoms with E-state index in [4.69, 9.17) is 11.6 Å². The number of hydrogen-bond donors (Lipinski definition) is 1. The predicted octanol–water partition coefficient (Wildman–Crippen LogP) is 3.97. The van der Waals surface area contributed by atoms with Crippen LogP contribution < -0.4 is 5.32 Å². The number of halogens is 2. The van der Waals surface area contributed by atoms with Crippen LogP contribution >= 0.6 is 11.6 Å². The van der Waals surface area contributed by atoms with Crippen LogP contribution in [0.25, 0.3) is 0 Å². The van der Waals surface area contributed by atoms with E-state index >= 15 is 0 Å². The zero-order valence-corrected chi connectivity index (χ0v) is 11.7. The van der Waals surface area contributed by atoms with Crippen molar-refractivity contribution < 1.29 is 9.31 Å². The van der Waals surface area contributed by atoms with E-state index in [2.05, 4.69) is 5.32 Å². The summed E-state index contributed by atoms with van der Waals surface area (Å²) in [6, 6.07) is 10.1. The van der Waals surface area contributed by atoms with Gasteiger partial charge in [-0.3, -0.25) is 10.1 Å². The molecule has 0 unspecified atom stereocenters. The van der Waals surface area contributed by atoms with Gasteiger partial charge in [0.25, 0.3) is 5.69 Å². The van der Waals surface area contributed by atoms with Crippen molar-refractivity contribution in [1.82, 2.24) is 0 Å². The summed E-state index contributed by atoms with van der Waals surface area (Å²) in [7, 11) is 0. The van der Waals surface area contributed by atoms with Gasteiger partial charge in [0.1, 0.15) is 11.5 Å². The van der Waals surface area contributed by atoms with Gasteiger partial charge in [-0.05, 0) is 24.0 Å². The third-order valence-corrected chi connectivity index (χ3v) is 3.94. The first-order valence-corrected chi connectivity index (χ1v) is 6.89. The second-order valence-corrected chi connectivity index (χ2v) is 5.47. The van der Waals surface area contributed by atoms with Crippen molar-refractivity contribution in [2.75, 3.05) is 5.32 Å². The fourth-order valence-corrected chi connectivity index (χ4v) is 2.84. The monoisotopic (exact) mass is 306 g/mol. The zero-order valence-electron chi connectivity index (χ0n) is 11.0. The van der Waals surface area contributed by atoms with Crippen LogP contribution in [-0.4, -0.2) is 11.0 Å². The summed E-state index contributed by atoms with van der Waals surface area (Å²) in [5.74, 6) is -0.666. The zero-order chi connectivity index (χ0) is 15.0. The summed E-state index contributed by atoms with van der Waals surface area (Å²) in [6.07, 6.45) is 1.52. The molecule has 0 saturated carbocycles. The van der Waals surface area contributed by atoms with Crippen molar-refractivity contribution in [3.63, 3.8) is 0 Å². The number of nitro groups is 1. The molecule has 1 aliphatic rings. The third kappa shape index (κ3) is 2.69. The Hall–Kier alpha value is -2.14. The first kappa shape index (κ1) is 13.8. The molecule has 3 rings (SSSR count). The lowest BCUT2D eigenvalue weighted by molar-refractivity contribution is -0.384. The van der Waals surface area contributed by atoms with E-state index in [1.54, 1.807) is 0 Å². The maximum absolute atomic E-state index is 13.6. The van der Waals surface area contributed by atoms with Gasteiger partial charge in [0.2, 0.25) is 0 Å². The molecule has 0 spiro atoms. The second kappa shape index (κ2) is 5.33. The van der Waals surface area contributed by atoms with Gasteiger partial charge in [0, 0.05) is 18.2 Å². The lowest BCUT2D eigenvalue weighted by atomic mass is 10.1. The number of nitrogens with zero attached hydrogens (tertiary/aromatic N) is 1. The molecule has 1 N–H and O–H groups in total. The van der Waals surface area contributed by atoms with Gasteiger partial charge in [-0.1, -0.05) is 35.9 Å². The molecule has 0 radical (unpaired) electrons. The quantitative estimate of drug-likeness (QED) is 0.689. The Kier molecular flexibility index (Phi) is 3.51. The predicted molar refractivity (Wildman–Crippen MR) is 79.3 cm³/mol. The summed E-state index contributed by atoms with van der Waals surface area (Å²) in [5, 5.41) is 13.9. The van der Waals surface area contributed by atoms with Gasteiger partial charge < -0.3 is 5.32 Å². The van der Waals surface area contributed by atoms with Crippen LogP contribution in [0.1, 0.15) is 11.1 Å². The molecule has 0 saturated heterocycles. The van der Waals surface area contributed by atoms with Gasteiger partial charge >= 0.3 is 0 Å². The minimum absolute atomic E-state index is 0.0154. The average molecular weight is 307 g/mol. The van der Waals surface area contributed by atoms with E-state index in [0.717, 1.165) is 25.0 Å². The molecule has 4 nitrogen and oxygen atoms in total. The molecule has 0 atom stereocenters. The van der Waals surface area contributed by atoms with Crippen LogP contribution in [0.4, 0.5) is 15.8 Å². The van der Waals surface area contributed by atoms with Gasteiger partial charge in [-0.2, -0.15) is 0 Å². The Morgan fingerprint density at radius 1 is 1.24 bits per heavy atom. The van der Waals surface area contributed by atoms with Gasteiger partial charge in [-0.25, -0.2) is 4.39 Å². The molecule has 0 heterocycles. The van der Waals surface area contributed by atoms with Crippen LogP contribution in [0.15, 0.2) is 36.4 Å². The molecule has 21 heavy (non-hydrogen) atoms. The Morgan fingerprint density at radius 3 is 2.43 bits per heavy atom. The fraction of sp³-hybridized carbons (Fsp3) is 0.200. The van der Waals surface area contributed by atoms with E-state index in [0.29, 0.717) is 0 Å². The minimum atomic E-state index is -0.666. The Bertz CT molecular complexity index is 696. The molecule has 0 fully saturated rings.